The van der Waals surface area contributed by atoms with Crippen LogP contribution in [-0.2, 0) is 13.6 Å². The molecule has 0 saturated heterocycles. The fourth-order valence-corrected chi connectivity index (χ4v) is 2.13. The van der Waals surface area contributed by atoms with Gasteiger partial charge in [0.25, 0.3) is 0 Å². The number of allylic oxidation sites excluding steroid dienone is 1. The second kappa shape index (κ2) is 8.28. The van der Waals surface area contributed by atoms with E-state index in [1.807, 2.05) is 0 Å². The lowest BCUT2D eigenvalue weighted by atomic mass is 10.7. The highest BCUT2D eigenvalue weighted by atomic mass is 35.5. The van der Waals surface area contributed by atoms with Gasteiger partial charge in [0.15, 0.2) is 0 Å². The molecule has 0 aliphatic heterocycles. The molecule has 0 radical (unpaired) electrons. The summed E-state index contributed by atoms with van der Waals surface area (Å²) in [4.78, 5) is 0. The lowest BCUT2D eigenvalue weighted by molar-refractivity contribution is 0.231. The monoisotopic (exact) mass is 257 g/mol. The Labute approximate surface area is 92.9 Å². The molecular weight excluding hydrogens is 248 g/mol. The highest BCUT2D eigenvalue weighted by molar-refractivity contribution is 7.57. The van der Waals surface area contributed by atoms with E-state index in [0.717, 1.165) is 11.9 Å². The number of hydrogen-bond donors (Lipinski definition) is 0. The van der Waals surface area contributed by atoms with E-state index in [1.165, 1.54) is 0 Å². The Morgan fingerprint density at radius 2 is 1.79 bits per heavy atom. The molecule has 0 N–H and O–H groups in total. The smallest absolute Gasteiger partial charge is 0.304 e. The van der Waals surface area contributed by atoms with Crippen LogP contribution in [0.25, 0.3) is 0 Å². The second-order valence-corrected chi connectivity index (χ2v) is 4.68. The Kier molecular flexibility index (Phi) is 8.26. The predicted molar refractivity (Wildman–Crippen MR) is 55.7 cm³/mol. The van der Waals surface area contributed by atoms with Gasteiger partial charge in [-0.1, -0.05) is 0 Å². The zero-order valence-electron chi connectivity index (χ0n) is 7.36. The Morgan fingerprint density at radius 3 is 2.14 bits per heavy atom. The van der Waals surface area contributed by atoms with E-state index in [2.05, 4.69) is 0 Å². The van der Waals surface area contributed by atoms with Crippen LogP contribution in [0.4, 0.5) is 0 Å². The quantitative estimate of drug-likeness (QED) is 0.400. The van der Waals surface area contributed by atoms with Gasteiger partial charge in [0, 0.05) is 23.7 Å². The van der Waals surface area contributed by atoms with E-state index in [-0.39, 0.29) is 25.0 Å². The molecule has 0 aliphatic rings. The number of halogens is 2. The van der Waals surface area contributed by atoms with Crippen molar-refractivity contribution < 1.29 is 13.6 Å². The molecule has 14 heavy (non-hydrogen) atoms. The molecule has 0 saturated carbocycles. The summed E-state index contributed by atoms with van der Waals surface area (Å²) in [5.74, 6) is 1.50. The third-order valence-corrected chi connectivity index (χ3v) is 2.94. The standard InChI is InChI=1S/C7H10Cl2NO3P/c8-2-5-12-14(11,7-1-4-10)13-6-3-9/h1,7H,2-3,5-6H2. The minimum absolute atomic E-state index is 0.0941. The molecule has 0 bridgehead atoms. The maximum absolute atomic E-state index is 11.7. The summed E-state index contributed by atoms with van der Waals surface area (Å²) in [5, 5.41) is 8.26. The average molecular weight is 258 g/mol. The van der Waals surface area contributed by atoms with Crippen LogP contribution < -0.4 is 0 Å². The fourth-order valence-electron chi connectivity index (χ4n) is 0.571. The first-order valence-electron chi connectivity index (χ1n) is 3.76. The van der Waals surface area contributed by atoms with E-state index in [9.17, 15) is 4.57 Å². The van der Waals surface area contributed by atoms with Crippen molar-refractivity contribution in [2.24, 2.45) is 0 Å². The van der Waals surface area contributed by atoms with Crippen LogP contribution in [0.2, 0.25) is 0 Å². The molecule has 80 valence electrons. The lowest BCUT2D eigenvalue weighted by Gasteiger charge is -2.12. The van der Waals surface area contributed by atoms with Crippen molar-refractivity contribution in [3.05, 3.63) is 11.9 Å². The van der Waals surface area contributed by atoms with Gasteiger partial charge in [0.1, 0.15) is 0 Å². The van der Waals surface area contributed by atoms with E-state index in [0.29, 0.717) is 0 Å². The van der Waals surface area contributed by atoms with Crippen molar-refractivity contribution >= 4 is 30.8 Å². The first kappa shape index (κ1) is 14.0. The number of nitriles is 1. The van der Waals surface area contributed by atoms with Crippen LogP contribution in [0, 0.1) is 11.3 Å². The molecule has 0 heterocycles. The molecule has 0 fully saturated rings. The van der Waals surface area contributed by atoms with E-state index >= 15 is 0 Å². The summed E-state index contributed by atoms with van der Waals surface area (Å²) in [6.45, 7) is 0.188. The summed E-state index contributed by atoms with van der Waals surface area (Å²) in [7, 11) is -3.34. The van der Waals surface area contributed by atoms with E-state index in [4.69, 9.17) is 37.5 Å². The highest BCUT2D eigenvalue weighted by Gasteiger charge is 2.19. The maximum Gasteiger partial charge on any atom is 0.354 e. The van der Waals surface area contributed by atoms with Crippen molar-refractivity contribution in [1.82, 2.24) is 0 Å². The van der Waals surface area contributed by atoms with Crippen LogP contribution >= 0.6 is 30.8 Å². The van der Waals surface area contributed by atoms with Gasteiger partial charge < -0.3 is 9.05 Å². The molecule has 0 amide bonds. The average Bonchev–Trinajstić information content (AvgIpc) is 2.21. The Balaban J connectivity index is 4.27. The van der Waals surface area contributed by atoms with Crippen LogP contribution in [0.15, 0.2) is 11.9 Å². The minimum atomic E-state index is -3.34. The Hall–Kier alpha value is -0.0400. The molecule has 0 aromatic heterocycles. The minimum Gasteiger partial charge on any atom is -0.304 e. The molecular formula is C7H10Cl2NO3P. The molecule has 4 nitrogen and oxygen atoms in total. The van der Waals surface area contributed by atoms with Gasteiger partial charge in [-0.3, -0.25) is 4.57 Å². The van der Waals surface area contributed by atoms with Gasteiger partial charge >= 0.3 is 7.60 Å². The highest BCUT2D eigenvalue weighted by Crippen LogP contribution is 2.49. The van der Waals surface area contributed by atoms with Gasteiger partial charge in [0.2, 0.25) is 0 Å². The van der Waals surface area contributed by atoms with Crippen LogP contribution in [-0.4, -0.2) is 25.0 Å². The summed E-state index contributed by atoms with van der Waals surface area (Å²) < 4.78 is 21.5. The summed E-state index contributed by atoms with van der Waals surface area (Å²) >= 11 is 10.7. The SMILES string of the molecule is N#CC=CP(=O)(OCCCl)OCCCl. The molecule has 0 aromatic rings. The summed E-state index contributed by atoms with van der Waals surface area (Å²) in [6.07, 6.45) is 1.04. The summed E-state index contributed by atoms with van der Waals surface area (Å²) in [5.41, 5.74) is 0. The Morgan fingerprint density at radius 1 is 1.29 bits per heavy atom. The third-order valence-electron chi connectivity index (χ3n) is 1.03. The van der Waals surface area contributed by atoms with Crippen molar-refractivity contribution in [2.45, 2.75) is 0 Å². The first-order chi connectivity index (χ1) is 6.68. The van der Waals surface area contributed by atoms with Gasteiger partial charge in [-0.05, 0) is 0 Å². The fraction of sp³-hybridized carbons (Fsp3) is 0.571. The number of alkyl halides is 2. The molecule has 0 aromatic carbocycles. The van der Waals surface area contributed by atoms with Crippen LogP contribution in [0.5, 0.6) is 0 Å². The Bertz CT molecular complexity index is 252. The van der Waals surface area contributed by atoms with E-state index < -0.39 is 7.60 Å². The van der Waals surface area contributed by atoms with Crippen molar-refractivity contribution in [3.63, 3.8) is 0 Å². The second-order valence-electron chi connectivity index (χ2n) is 2.03. The van der Waals surface area contributed by atoms with Crippen molar-refractivity contribution in [1.29, 1.82) is 5.26 Å². The van der Waals surface area contributed by atoms with Gasteiger partial charge in [0.05, 0.1) is 19.3 Å². The van der Waals surface area contributed by atoms with E-state index in [1.54, 1.807) is 6.07 Å². The number of rotatable bonds is 7. The molecule has 0 spiro atoms. The zero-order chi connectivity index (χ0) is 10.9. The van der Waals surface area contributed by atoms with Gasteiger partial charge in [-0.15, -0.1) is 23.2 Å². The van der Waals surface area contributed by atoms with Crippen molar-refractivity contribution in [2.75, 3.05) is 25.0 Å². The van der Waals surface area contributed by atoms with Gasteiger partial charge in [-0.25, -0.2) is 0 Å². The number of nitrogens with zero attached hydrogens (tertiary/aromatic N) is 1. The van der Waals surface area contributed by atoms with Crippen molar-refractivity contribution in [3.8, 4) is 6.07 Å². The maximum atomic E-state index is 11.7. The molecule has 0 rings (SSSR count). The lowest BCUT2D eigenvalue weighted by Crippen LogP contribution is -1.98. The molecule has 0 aliphatic carbocycles. The van der Waals surface area contributed by atoms with Crippen LogP contribution in [0.1, 0.15) is 0 Å². The molecule has 0 atom stereocenters. The molecule has 0 unspecified atom stereocenters. The summed E-state index contributed by atoms with van der Waals surface area (Å²) in [6, 6.07) is 1.70. The number of hydrogen-bond acceptors (Lipinski definition) is 4. The predicted octanol–water partition coefficient (Wildman–Crippen LogP) is 2.73. The topological polar surface area (TPSA) is 59.3 Å². The van der Waals surface area contributed by atoms with Crippen LogP contribution in [0.3, 0.4) is 0 Å². The largest absolute Gasteiger partial charge is 0.354 e. The first-order valence-corrected chi connectivity index (χ1v) is 6.44. The molecule has 7 heteroatoms. The zero-order valence-corrected chi connectivity index (χ0v) is 9.76. The third kappa shape index (κ3) is 6.42. The normalized spacial score (nSPS) is 11.8. The van der Waals surface area contributed by atoms with Gasteiger partial charge in [-0.2, -0.15) is 5.26 Å².